The summed E-state index contributed by atoms with van der Waals surface area (Å²) in [5.74, 6) is 0.845. The van der Waals surface area contributed by atoms with Gasteiger partial charge in [0.05, 0.1) is 12.6 Å². The third kappa shape index (κ3) is 6.92. The number of nitrogens with one attached hydrogen (secondary N) is 2. The number of benzene rings is 1. The summed E-state index contributed by atoms with van der Waals surface area (Å²) in [7, 11) is 3.36. The Morgan fingerprint density at radius 2 is 2.22 bits per heavy atom. The lowest BCUT2D eigenvalue weighted by molar-refractivity contribution is -0.127. The molecule has 0 saturated heterocycles. The van der Waals surface area contributed by atoms with Crippen LogP contribution in [0.4, 0.5) is 4.39 Å². The fourth-order valence-corrected chi connectivity index (χ4v) is 2.29. The van der Waals surface area contributed by atoms with Gasteiger partial charge in [-0.2, -0.15) is 0 Å². The number of hydrogen-bond donors (Lipinski definition) is 2. The van der Waals surface area contributed by atoms with E-state index in [9.17, 15) is 9.18 Å². The number of likely N-dealkylation sites (N-methyl/N-ethyl adjacent to an activating group) is 1. The van der Waals surface area contributed by atoms with Crippen LogP contribution >= 0.6 is 0 Å². The molecule has 1 atom stereocenters. The minimum atomic E-state index is -0.373. The van der Waals surface area contributed by atoms with E-state index < -0.39 is 0 Å². The van der Waals surface area contributed by atoms with Crippen molar-refractivity contribution < 1.29 is 13.9 Å². The molecule has 2 N–H and O–H groups in total. The first-order chi connectivity index (χ1) is 12.9. The first-order valence-electron chi connectivity index (χ1n) is 9.18. The lowest BCUT2D eigenvalue weighted by Gasteiger charge is -2.19. The molecule has 1 aromatic rings. The van der Waals surface area contributed by atoms with Gasteiger partial charge in [-0.05, 0) is 43.4 Å². The van der Waals surface area contributed by atoms with Crippen molar-refractivity contribution >= 4 is 11.9 Å². The summed E-state index contributed by atoms with van der Waals surface area (Å²) in [5, 5.41) is 6.24. The molecule has 2 rings (SSSR count). The molecule has 0 aromatic heterocycles. The first kappa shape index (κ1) is 20.7. The topological polar surface area (TPSA) is 66.0 Å². The Morgan fingerprint density at radius 3 is 2.81 bits per heavy atom. The second-order valence-electron chi connectivity index (χ2n) is 6.93. The maximum atomic E-state index is 14.3. The van der Waals surface area contributed by atoms with E-state index in [2.05, 4.69) is 22.2 Å². The van der Waals surface area contributed by atoms with Gasteiger partial charge in [-0.15, -0.1) is 6.58 Å². The average molecular weight is 376 g/mol. The predicted molar refractivity (Wildman–Crippen MR) is 105 cm³/mol. The molecule has 1 amide bonds. The maximum Gasteiger partial charge on any atom is 0.243 e. The molecule has 1 aromatic carbocycles. The van der Waals surface area contributed by atoms with Gasteiger partial charge in [-0.1, -0.05) is 12.1 Å². The summed E-state index contributed by atoms with van der Waals surface area (Å²) in [6, 6.07) is 4.76. The normalized spacial score (nSPS) is 15.0. The third-order valence-corrected chi connectivity index (χ3v) is 4.27. The molecule has 0 heterocycles. The Balaban J connectivity index is 2.00. The number of rotatable bonds is 9. The average Bonchev–Trinajstić information content (AvgIpc) is 3.46. The summed E-state index contributed by atoms with van der Waals surface area (Å²) in [5.41, 5.74) is 0.762. The van der Waals surface area contributed by atoms with Gasteiger partial charge >= 0.3 is 0 Å². The Hall–Kier alpha value is -2.57. The summed E-state index contributed by atoms with van der Waals surface area (Å²) in [6.07, 6.45) is 4.02. The van der Waals surface area contributed by atoms with Gasteiger partial charge in [-0.3, -0.25) is 4.79 Å². The van der Waals surface area contributed by atoms with Crippen molar-refractivity contribution in [1.29, 1.82) is 0 Å². The molecule has 6 nitrogen and oxygen atoms in total. The minimum Gasteiger partial charge on any atom is -0.490 e. The molecule has 1 aliphatic carbocycles. The SMILES string of the molecule is C=CCNC(=NCC(=O)N(C)C)NC(C)c1ccc(OCC2CC2)c(F)c1. The van der Waals surface area contributed by atoms with Crippen molar-refractivity contribution in [2.24, 2.45) is 10.9 Å². The van der Waals surface area contributed by atoms with E-state index in [1.165, 1.54) is 11.0 Å². The van der Waals surface area contributed by atoms with E-state index in [1.807, 2.05) is 13.0 Å². The quantitative estimate of drug-likeness (QED) is 0.395. The summed E-state index contributed by atoms with van der Waals surface area (Å²) in [4.78, 5) is 17.5. The highest BCUT2D eigenvalue weighted by molar-refractivity contribution is 5.85. The highest BCUT2D eigenvalue weighted by Crippen LogP contribution is 2.30. The Morgan fingerprint density at radius 1 is 1.48 bits per heavy atom. The maximum absolute atomic E-state index is 14.3. The lowest BCUT2D eigenvalue weighted by Crippen LogP contribution is -2.39. The highest BCUT2D eigenvalue weighted by Gasteiger charge is 2.22. The van der Waals surface area contributed by atoms with E-state index in [0.717, 1.165) is 18.4 Å². The van der Waals surface area contributed by atoms with Crippen LogP contribution in [0.15, 0.2) is 35.8 Å². The van der Waals surface area contributed by atoms with Crippen LogP contribution in [0.1, 0.15) is 31.4 Å². The second kappa shape index (κ2) is 9.94. The predicted octanol–water partition coefficient (Wildman–Crippen LogP) is 2.48. The Labute approximate surface area is 160 Å². The lowest BCUT2D eigenvalue weighted by atomic mass is 10.1. The Bertz CT molecular complexity index is 687. The van der Waals surface area contributed by atoms with Crippen molar-refractivity contribution in [3.63, 3.8) is 0 Å². The Kier molecular flexibility index (Phi) is 7.64. The van der Waals surface area contributed by atoms with E-state index in [1.54, 1.807) is 26.2 Å². The number of carbonyl (C=O) groups excluding carboxylic acids is 1. The fraction of sp³-hybridized carbons (Fsp3) is 0.500. The number of guanidine groups is 1. The monoisotopic (exact) mass is 376 g/mol. The molecule has 0 aliphatic heterocycles. The van der Waals surface area contributed by atoms with Crippen molar-refractivity contribution in [1.82, 2.24) is 15.5 Å². The van der Waals surface area contributed by atoms with Crippen LogP contribution < -0.4 is 15.4 Å². The van der Waals surface area contributed by atoms with Crippen molar-refractivity contribution in [3.05, 3.63) is 42.2 Å². The van der Waals surface area contributed by atoms with E-state index in [0.29, 0.717) is 25.0 Å². The molecular weight excluding hydrogens is 347 g/mol. The van der Waals surface area contributed by atoms with Gasteiger partial charge in [0, 0.05) is 20.6 Å². The molecule has 1 saturated carbocycles. The van der Waals surface area contributed by atoms with Gasteiger partial charge < -0.3 is 20.3 Å². The van der Waals surface area contributed by atoms with Crippen molar-refractivity contribution in [3.8, 4) is 5.75 Å². The van der Waals surface area contributed by atoms with E-state index in [-0.39, 0.29) is 30.1 Å². The van der Waals surface area contributed by atoms with Crippen molar-refractivity contribution in [2.45, 2.75) is 25.8 Å². The number of nitrogens with zero attached hydrogens (tertiary/aromatic N) is 2. The molecule has 148 valence electrons. The van der Waals surface area contributed by atoms with Gasteiger partial charge in [0.1, 0.15) is 6.54 Å². The number of amides is 1. The van der Waals surface area contributed by atoms with Crippen molar-refractivity contribution in [2.75, 3.05) is 33.8 Å². The van der Waals surface area contributed by atoms with Gasteiger partial charge in [0.25, 0.3) is 0 Å². The standard InChI is InChI=1S/C20H29FN4O2/c1-5-10-22-20(23-12-19(26)25(3)4)24-14(2)16-8-9-18(17(21)11-16)27-13-15-6-7-15/h5,8-9,11,14-15H,1,6-7,10,12-13H2,2-4H3,(H2,22,23,24). The van der Waals surface area contributed by atoms with Crippen LogP contribution in [0.2, 0.25) is 0 Å². The highest BCUT2D eigenvalue weighted by atomic mass is 19.1. The molecule has 0 bridgehead atoms. The molecule has 1 aliphatic rings. The van der Waals surface area contributed by atoms with Crippen LogP contribution in [-0.4, -0.2) is 50.6 Å². The van der Waals surface area contributed by atoms with E-state index >= 15 is 0 Å². The molecule has 0 radical (unpaired) electrons. The molecule has 1 fully saturated rings. The first-order valence-corrected chi connectivity index (χ1v) is 9.18. The van der Waals surface area contributed by atoms with Crippen LogP contribution in [0.25, 0.3) is 0 Å². The zero-order valence-electron chi connectivity index (χ0n) is 16.3. The summed E-state index contributed by atoms with van der Waals surface area (Å²) >= 11 is 0. The molecule has 7 heteroatoms. The number of carbonyl (C=O) groups is 1. The van der Waals surface area contributed by atoms with Crippen LogP contribution in [0.3, 0.4) is 0 Å². The molecule has 1 unspecified atom stereocenters. The molecular formula is C20H29FN4O2. The molecule has 0 spiro atoms. The number of ether oxygens (including phenoxy) is 1. The summed E-state index contributed by atoms with van der Waals surface area (Å²) in [6.45, 7) is 6.66. The zero-order valence-corrected chi connectivity index (χ0v) is 16.3. The van der Waals surface area contributed by atoms with Gasteiger partial charge in [-0.25, -0.2) is 9.38 Å². The van der Waals surface area contributed by atoms with E-state index in [4.69, 9.17) is 4.74 Å². The zero-order chi connectivity index (χ0) is 19.8. The molecule has 27 heavy (non-hydrogen) atoms. The van der Waals surface area contributed by atoms with Crippen LogP contribution in [0.5, 0.6) is 5.75 Å². The van der Waals surface area contributed by atoms with Gasteiger partial charge in [0.15, 0.2) is 17.5 Å². The van der Waals surface area contributed by atoms with Gasteiger partial charge in [0.2, 0.25) is 5.91 Å². The number of aliphatic imine (C=N–C) groups is 1. The summed E-state index contributed by atoms with van der Waals surface area (Å²) < 4.78 is 19.8. The third-order valence-electron chi connectivity index (χ3n) is 4.27. The minimum absolute atomic E-state index is 0.0223. The number of halogens is 1. The second-order valence-corrected chi connectivity index (χ2v) is 6.93. The largest absolute Gasteiger partial charge is 0.490 e. The van der Waals surface area contributed by atoms with Crippen LogP contribution in [0, 0.1) is 11.7 Å². The fourth-order valence-electron chi connectivity index (χ4n) is 2.29. The van der Waals surface area contributed by atoms with Crippen LogP contribution in [-0.2, 0) is 4.79 Å². The smallest absolute Gasteiger partial charge is 0.243 e. The number of hydrogen-bond acceptors (Lipinski definition) is 3.